The summed E-state index contributed by atoms with van der Waals surface area (Å²) >= 11 is 0. The van der Waals surface area contributed by atoms with Gasteiger partial charge in [-0.2, -0.15) is 0 Å². The molecule has 13 nitrogen and oxygen atoms in total. The fraction of sp³-hybridized carbons (Fsp3) is 0.677. The minimum atomic E-state index is -3.41. The van der Waals surface area contributed by atoms with Gasteiger partial charge in [0.15, 0.2) is 0 Å². The SMILES string of the molecule is CS(=O)(=O)Nc1ccc(C(=O)N(CCCN2CCOCC2)CC(=O)N(C2CCCCC2)C2CCCCC2)cc1.O=C(O)C(=O)O. The van der Waals surface area contributed by atoms with Gasteiger partial charge in [-0.15, -0.1) is 0 Å². The van der Waals surface area contributed by atoms with Gasteiger partial charge in [0.05, 0.1) is 19.5 Å². The summed E-state index contributed by atoms with van der Waals surface area (Å²) in [5.74, 6) is -3.77. The Morgan fingerprint density at radius 3 is 1.84 bits per heavy atom. The van der Waals surface area contributed by atoms with Crippen LogP contribution in [0.15, 0.2) is 24.3 Å². The van der Waals surface area contributed by atoms with Crippen LogP contribution in [0.5, 0.6) is 0 Å². The summed E-state index contributed by atoms with van der Waals surface area (Å²) in [5, 5.41) is 14.8. The number of rotatable bonds is 11. The number of anilines is 1. The van der Waals surface area contributed by atoms with Crippen molar-refractivity contribution in [1.82, 2.24) is 14.7 Å². The molecule has 14 heteroatoms. The highest BCUT2D eigenvalue weighted by atomic mass is 32.2. The number of hydrogen-bond donors (Lipinski definition) is 3. The zero-order valence-electron chi connectivity index (χ0n) is 26.2. The Labute approximate surface area is 265 Å². The number of amides is 2. The van der Waals surface area contributed by atoms with E-state index < -0.39 is 22.0 Å². The first-order valence-electron chi connectivity index (χ1n) is 15.9. The fourth-order valence-electron chi connectivity index (χ4n) is 6.31. The van der Waals surface area contributed by atoms with Gasteiger partial charge in [0, 0.05) is 49.5 Å². The van der Waals surface area contributed by atoms with Crippen molar-refractivity contribution in [3.8, 4) is 0 Å². The molecular weight excluding hydrogens is 604 g/mol. The van der Waals surface area contributed by atoms with Crippen molar-refractivity contribution < 1.29 is 42.5 Å². The summed E-state index contributed by atoms with van der Waals surface area (Å²) in [5.41, 5.74) is 0.861. The third kappa shape index (κ3) is 12.6. The summed E-state index contributed by atoms with van der Waals surface area (Å²) in [6.45, 7) is 4.66. The Hall–Kier alpha value is -3.23. The maximum absolute atomic E-state index is 14.0. The molecule has 2 aliphatic carbocycles. The monoisotopic (exact) mass is 652 g/mol. The third-order valence-corrected chi connectivity index (χ3v) is 9.07. The predicted molar refractivity (Wildman–Crippen MR) is 169 cm³/mol. The molecule has 3 aliphatic rings. The number of morpholine rings is 1. The molecular formula is C31H48N4O9S. The molecule has 0 unspecified atom stereocenters. The molecule has 2 amide bonds. The molecule has 2 saturated carbocycles. The number of nitrogens with one attached hydrogen (secondary N) is 1. The van der Waals surface area contributed by atoms with Crippen molar-refractivity contribution in [1.29, 1.82) is 0 Å². The summed E-state index contributed by atoms with van der Waals surface area (Å²) < 4.78 is 31.1. The topological polar surface area (TPSA) is 174 Å². The second-order valence-electron chi connectivity index (χ2n) is 12.0. The summed E-state index contributed by atoms with van der Waals surface area (Å²) in [6, 6.07) is 7.02. The van der Waals surface area contributed by atoms with E-state index in [0.717, 1.165) is 96.9 Å². The van der Waals surface area contributed by atoms with E-state index in [0.29, 0.717) is 17.8 Å². The minimum Gasteiger partial charge on any atom is -0.473 e. The zero-order chi connectivity index (χ0) is 32.8. The normalized spacial score (nSPS) is 18.2. The number of carboxylic acids is 2. The van der Waals surface area contributed by atoms with Gasteiger partial charge < -0.3 is 24.7 Å². The standard InChI is InChI=1S/C29H46N4O5S.C2H2O4/c1-39(36,37)30-25-15-13-24(14-16-25)29(35)32(18-8-17-31-19-21-38-22-20-31)23-28(34)33(26-9-4-2-5-10-26)27-11-6-3-7-12-27;3-1(4)2(5)6/h13-16,26-27,30H,2-12,17-23H2,1H3;(H,3,4)(H,5,6). The second kappa shape index (κ2) is 18.1. The molecule has 1 saturated heterocycles. The van der Waals surface area contributed by atoms with Crippen molar-refractivity contribution in [2.45, 2.75) is 82.7 Å². The number of aliphatic carboxylic acids is 2. The number of ether oxygens (including phenoxy) is 1. The van der Waals surface area contributed by atoms with E-state index >= 15 is 0 Å². The molecule has 0 atom stereocenters. The highest BCUT2D eigenvalue weighted by Gasteiger charge is 2.34. The summed E-state index contributed by atoms with van der Waals surface area (Å²) in [7, 11) is -3.41. The van der Waals surface area contributed by atoms with E-state index in [9.17, 15) is 18.0 Å². The van der Waals surface area contributed by atoms with Crippen molar-refractivity contribution in [2.75, 3.05) is 56.9 Å². The van der Waals surface area contributed by atoms with E-state index in [4.69, 9.17) is 24.5 Å². The number of carbonyl (C=O) groups is 4. The summed E-state index contributed by atoms with van der Waals surface area (Å²) in [4.78, 5) is 52.1. The lowest BCUT2D eigenvalue weighted by Gasteiger charge is -2.42. The quantitative estimate of drug-likeness (QED) is 0.302. The van der Waals surface area contributed by atoms with Gasteiger partial charge in [0.1, 0.15) is 6.54 Å². The lowest BCUT2D eigenvalue weighted by Crippen LogP contribution is -2.53. The molecule has 0 bridgehead atoms. The van der Waals surface area contributed by atoms with Crippen LogP contribution in [-0.4, -0.2) is 121 Å². The number of hydrogen-bond acceptors (Lipinski definition) is 8. The lowest BCUT2D eigenvalue weighted by atomic mass is 9.88. The first-order chi connectivity index (χ1) is 21.4. The van der Waals surface area contributed by atoms with Gasteiger partial charge in [-0.05, 0) is 56.4 Å². The van der Waals surface area contributed by atoms with E-state index in [1.165, 1.54) is 12.8 Å². The number of benzene rings is 1. The van der Waals surface area contributed by atoms with Crippen LogP contribution in [0.25, 0.3) is 0 Å². The smallest absolute Gasteiger partial charge is 0.414 e. The van der Waals surface area contributed by atoms with Crippen LogP contribution in [0.4, 0.5) is 5.69 Å². The molecule has 45 heavy (non-hydrogen) atoms. The number of carbonyl (C=O) groups excluding carboxylic acids is 2. The molecule has 4 rings (SSSR count). The molecule has 1 aromatic carbocycles. The molecule has 3 fully saturated rings. The Morgan fingerprint density at radius 2 is 1.38 bits per heavy atom. The predicted octanol–water partition coefficient (Wildman–Crippen LogP) is 2.87. The van der Waals surface area contributed by atoms with Crippen molar-refractivity contribution in [3.05, 3.63) is 29.8 Å². The van der Waals surface area contributed by atoms with E-state index in [-0.39, 0.29) is 30.4 Å². The van der Waals surface area contributed by atoms with Gasteiger partial charge in [-0.3, -0.25) is 19.2 Å². The minimum absolute atomic E-state index is 0.0730. The van der Waals surface area contributed by atoms with Gasteiger partial charge in [0.25, 0.3) is 5.91 Å². The fourth-order valence-corrected chi connectivity index (χ4v) is 6.87. The first-order valence-corrected chi connectivity index (χ1v) is 17.8. The summed E-state index contributed by atoms with van der Waals surface area (Å²) in [6.07, 6.45) is 13.2. The van der Waals surface area contributed by atoms with Crippen LogP contribution in [0.3, 0.4) is 0 Å². The zero-order valence-corrected chi connectivity index (χ0v) is 27.0. The Kier molecular flexibility index (Phi) is 14.5. The number of sulfonamides is 1. The molecule has 252 valence electrons. The maximum atomic E-state index is 14.0. The number of carboxylic acid groups (broad SMARTS) is 2. The van der Waals surface area contributed by atoms with Crippen LogP contribution in [0.1, 0.15) is 81.0 Å². The van der Waals surface area contributed by atoms with E-state index in [1.54, 1.807) is 29.2 Å². The molecule has 1 heterocycles. The van der Waals surface area contributed by atoms with Crippen LogP contribution < -0.4 is 4.72 Å². The molecule has 1 aliphatic heterocycles. The highest BCUT2D eigenvalue weighted by Crippen LogP contribution is 2.30. The highest BCUT2D eigenvalue weighted by molar-refractivity contribution is 7.92. The van der Waals surface area contributed by atoms with Crippen molar-refractivity contribution >= 4 is 39.5 Å². The van der Waals surface area contributed by atoms with Crippen LogP contribution in [-0.2, 0) is 29.1 Å². The Morgan fingerprint density at radius 1 is 0.867 bits per heavy atom. The number of nitrogens with zero attached hydrogens (tertiary/aromatic N) is 3. The molecule has 0 radical (unpaired) electrons. The van der Waals surface area contributed by atoms with E-state index in [1.807, 2.05) is 0 Å². The molecule has 3 N–H and O–H groups in total. The largest absolute Gasteiger partial charge is 0.473 e. The van der Waals surface area contributed by atoms with Crippen molar-refractivity contribution in [3.63, 3.8) is 0 Å². The van der Waals surface area contributed by atoms with Crippen molar-refractivity contribution in [2.24, 2.45) is 0 Å². The van der Waals surface area contributed by atoms with Gasteiger partial charge in [-0.1, -0.05) is 38.5 Å². The van der Waals surface area contributed by atoms with Crippen LogP contribution in [0, 0.1) is 0 Å². The van der Waals surface area contributed by atoms with Gasteiger partial charge in [0.2, 0.25) is 15.9 Å². The Balaban J connectivity index is 0.000000838. The first kappa shape index (κ1) is 36.2. The lowest BCUT2D eigenvalue weighted by molar-refractivity contribution is -0.159. The van der Waals surface area contributed by atoms with Crippen LogP contribution >= 0.6 is 0 Å². The van der Waals surface area contributed by atoms with Gasteiger partial charge in [-0.25, -0.2) is 18.0 Å². The second-order valence-corrected chi connectivity index (χ2v) is 13.7. The third-order valence-electron chi connectivity index (χ3n) is 8.46. The maximum Gasteiger partial charge on any atom is 0.414 e. The van der Waals surface area contributed by atoms with E-state index in [2.05, 4.69) is 14.5 Å². The van der Waals surface area contributed by atoms with Gasteiger partial charge >= 0.3 is 11.9 Å². The average molecular weight is 653 g/mol. The Bertz CT molecular complexity index is 1190. The molecule has 0 aromatic heterocycles. The molecule has 0 spiro atoms. The molecule has 1 aromatic rings. The van der Waals surface area contributed by atoms with Crippen LogP contribution in [0.2, 0.25) is 0 Å². The average Bonchev–Trinajstić information content (AvgIpc) is 3.02.